The Bertz CT molecular complexity index is 373. The predicted molar refractivity (Wildman–Crippen MR) is 73.7 cm³/mol. The van der Waals surface area contributed by atoms with Crippen molar-refractivity contribution in [3.05, 3.63) is 54.3 Å². The molecule has 1 atom stereocenters. The van der Waals surface area contributed by atoms with Crippen LogP contribution in [-0.4, -0.2) is 19.5 Å². The molecule has 2 heteroatoms. The monoisotopic (exact) mass is 232 g/mol. The van der Waals surface area contributed by atoms with Crippen LogP contribution in [0.2, 0.25) is 6.55 Å². The van der Waals surface area contributed by atoms with Gasteiger partial charge in [0.2, 0.25) is 0 Å². The molecule has 1 nitrogen and oxygen atoms in total. The summed E-state index contributed by atoms with van der Waals surface area (Å²) >= 11 is 0. The molecule has 1 rings (SSSR count). The Hall–Kier alpha value is -1.12. The van der Waals surface area contributed by atoms with Gasteiger partial charge in [-0.15, -0.1) is 0 Å². The van der Waals surface area contributed by atoms with Crippen molar-refractivity contribution in [2.45, 2.75) is 26.0 Å². The number of benzene rings is 1. The Morgan fingerprint density at radius 1 is 1.31 bits per heavy atom. The summed E-state index contributed by atoms with van der Waals surface area (Å²) in [4.78, 5) is 0. The average Bonchev–Trinajstić information content (AvgIpc) is 2.25. The first-order valence-electron chi connectivity index (χ1n) is 5.56. The van der Waals surface area contributed by atoms with Gasteiger partial charge in [-0.2, -0.15) is 0 Å². The molecule has 0 spiro atoms. The van der Waals surface area contributed by atoms with E-state index in [0.717, 1.165) is 0 Å². The summed E-state index contributed by atoms with van der Waals surface area (Å²) in [7, 11) is -1.19. The Balaban J connectivity index is 2.99. The smallest absolute Gasteiger partial charge is 0.0994 e. The molecule has 0 aromatic heterocycles. The van der Waals surface area contributed by atoms with Crippen molar-refractivity contribution < 1.29 is 5.11 Å². The van der Waals surface area contributed by atoms with E-state index in [1.165, 1.54) is 10.4 Å². The number of hydrogen-bond donors (Lipinski definition) is 1. The van der Waals surface area contributed by atoms with Crippen LogP contribution in [0, 0.1) is 0 Å². The molecule has 1 aromatic rings. The van der Waals surface area contributed by atoms with Gasteiger partial charge in [0.1, 0.15) is 0 Å². The topological polar surface area (TPSA) is 20.2 Å². The predicted octanol–water partition coefficient (Wildman–Crippen LogP) is 2.17. The molecule has 16 heavy (non-hydrogen) atoms. The second-order valence-electron chi connectivity index (χ2n) is 4.63. The largest absolute Gasteiger partial charge is 0.386 e. The molecule has 1 N–H and O–H groups in total. The van der Waals surface area contributed by atoms with Crippen LogP contribution in [0.3, 0.4) is 0 Å². The molecular weight excluding hydrogens is 212 g/mol. The van der Waals surface area contributed by atoms with Crippen LogP contribution in [0.15, 0.2) is 54.3 Å². The van der Waals surface area contributed by atoms with Crippen LogP contribution in [0.25, 0.3) is 0 Å². The zero-order valence-corrected chi connectivity index (χ0v) is 11.4. The Labute approximate surface area is 99.7 Å². The molecule has 0 aliphatic heterocycles. The Morgan fingerprint density at radius 3 is 2.31 bits per heavy atom. The maximum absolute atomic E-state index is 9.81. The van der Waals surface area contributed by atoms with Gasteiger partial charge in [0, 0.05) is 0 Å². The lowest BCUT2D eigenvalue weighted by molar-refractivity contribution is 0.133. The van der Waals surface area contributed by atoms with E-state index < -0.39 is 14.4 Å². The van der Waals surface area contributed by atoms with Crippen LogP contribution < -0.4 is 5.19 Å². The fourth-order valence-electron chi connectivity index (χ4n) is 1.70. The highest BCUT2D eigenvalue weighted by Gasteiger charge is 2.15. The van der Waals surface area contributed by atoms with E-state index in [2.05, 4.69) is 37.4 Å². The van der Waals surface area contributed by atoms with Crippen LogP contribution in [-0.2, 0) is 0 Å². The van der Waals surface area contributed by atoms with E-state index >= 15 is 0 Å². The van der Waals surface area contributed by atoms with E-state index in [1.54, 1.807) is 13.8 Å². The minimum Gasteiger partial charge on any atom is -0.386 e. The summed E-state index contributed by atoms with van der Waals surface area (Å²) in [6, 6.07) is 10.4. The summed E-state index contributed by atoms with van der Waals surface area (Å²) in [5, 5.41) is 12.4. The first-order valence-corrected chi connectivity index (χ1v) is 7.87. The summed E-state index contributed by atoms with van der Waals surface area (Å²) in [6.45, 7) is 9.69. The van der Waals surface area contributed by atoms with Gasteiger partial charge >= 0.3 is 0 Å². The zero-order chi connectivity index (χ0) is 12.2. The molecule has 1 aromatic carbocycles. The van der Waals surface area contributed by atoms with Crippen molar-refractivity contribution in [3.8, 4) is 0 Å². The molecule has 0 radical (unpaired) electrons. The van der Waals surface area contributed by atoms with Crippen LogP contribution in [0.4, 0.5) is 0 Å². The van der Waals surface area contributed by atoms with Crippen molar-refractivity contribution >= 4 is 14.0 Å². The van der Waals surface area contributed by atoms with Crippen molar-refractivity contribution in [1.29, 1.82) is 0 Å². The lowest BCUT2D eigenvalue weighted by Crippen LogP contribution is -2.30. The van der Waals surface area contributed by atoms with Gasteiger partial charge in [0.25, 0.3) is 0 Å². The van der Waals surface area contributed by atoms with E-state index in [4.69, 9.17) is 0 Å². The third-order valence-electron chi connectivity index (χ3n) is 2.56. The van der Waals surface area contributed by atoms with Gasteiger partial charge in [-0.1, -0.05) is 66.0 Å². The normalized spacial score (nSPS) is 14.6. The maximum Gasteiger partial charge on any atom is 0.0994 e. The number of allylic oxidation sites excluding steroid dienone is 2. The molecular formula is C14H20OSi. The number of aliphatic hydroxyl groups is 1. The highest BCUT2D eigenvalue weighted by Crippen LogP contribution is 2.11. The maximum atomic E-state index is 9.81. The third-order valence-corrected chi connectivity index (χ3v) is 5.34. The highest BCUT2D eigenvalue weighted by atomic mass is 28.3. The van der Waals surface area contributed by atoms with Gasteiger partial charge in [-0.25, -0.2) is 0 Å². The highest BCUT2D eigenvalue weighted by molar-refractivity contribution is 6.79. The van der Waals surface area contributed by atoms with Crippen LogP contribution in [0.1, 0.15) is 13.8 Å². The molecule has 0 heterocycles. The van der Waals surface area contributed by atoms with Gasteiger partial charge in [-0.3, -0.25) is 0 Å². The fraction of sp³-hybridized carbons (Fsp3) is 0.286. The van der Waals surface area contributed by atoms with Crippen molar-refractivity contribution in [1.82, 2.24) is 0 Å². The molecule has 0 aliphatic carbocycles. The third kappa shape index (κ3) is 3.80. The molecule has 0 fully saturated rings. The average molecular weight is 232 g/mol. The molecule has 0 bridgehead atoms. The fourth-order valence-corrected chi connectivity index (χ4v) is 3.90. The summed E-state index contributed by atoms with van der Waals surface area (Å²) < 4.78 is 0. The van der Waals surface area contributed by atoms with E-state index in [9.17, 15) is 5.11 Å². The standard InChI is InChI=1S/C14H20OSi/c1-5-12(11-14(2,3)15)16(4)13-9-7-6-8-10-13/h5-11,15-16H,1H2,2-4H3. The SMILES string of the molecule is C=CC(=CC(C)(C)O)[SiH](C)c1ccccc1. The molecule has 0 saturated carbocycles. The second kappa shape index (κ2) is 5.28. The minimum absolute atomic E-state index is 0.764. The zero-order valence-electron chi connectivity index (χ0n) is 10.3. The van der Waals surface area contributed by atoms with Gasteiger partial charge in [0.15, 0.2) is 0 Å². The second-order valence-corrected chi connectivity index (χ2v) is 7.41. The van der Waals surface area contributed by atoms with Gasteiger partial charge in [-0.05, 0) is 13.8 Å². The number of rotatable bonds is 4. The molecule has 0 amide bonds. The quantitative estimate of drug-likeness (QED) is 0.623. The minimum atomic E-state index is -1.19. The molecule has 1 unspecified atom stereocenters. The lowest BCUT2D eigenvalue weighted by Gasteiger charge is -2.17. The van der Waals surface area contributed by atoms with E-state index in [-0.39, 0.29) is 0 Å². The van der Waals surface area contributed by atoms with Gasteiger partial charge in [0.05, 0.1) is 14.4 Å². The van der Waals surface area contributed by atoms with E-state index in [1.807, 2.05) is 18.2 Å². The van der Waals surface area contributed by atoms with Crippen molar-refractivity contribution in [3.63, 3.8) is 0 Å². The molecule has 0 saturated heterocycles. The Morgan fingerprint density at radius 2 is 1.88 bits per heavy atom. The summed E-state index contributed by atoms with van der Waals surface area (Å²) in [6.07, 6.45) is 3.80. The first-order chi connectivity index (χ1) is 7.44. The van der Waals surface area contributed by atoms with E-state index in [0.29, 0.717) is 0 Å². The van der Waals surface area contributed by atoms with Crippen LogP contribution >= 0.6 is 0 Å². The molecule has 0 aliphatic rings. The molecule has 86 valence electrons. The van der Waals surface area contributed by atoms with Gasteiger partial charge < -0.3 is 5.11 Å². The summed E-state index contributed by atoms with van der Waals surface area (Å²) in [5.41, 5.74) is -0.764. The van der Waals surface area contributed by atoms with Crippen LogP contribution in [0.5, 0.6) is 0 Å². The lowest BCUT2D eigenvalue weighted by atomic mass is 10.1. The van der Waals surface area contributed by atoms with Crippen molar-refractivity contribution in [2.75, 3.05) is 0 Å². The number of hydrogen-bond acceptors (Lipinski definition) is 1. The Kier molecular flexibility index (Phi) is 4.27. The first kappa shape index (κ1) is 12.9. The summed E-state index contributed by atoms with van der Waals surface area (Å²) in [5.74, 6) is 0. The van der Waals surface area contributed by atoms with Crippen molar-refractivity contribution in [2.24, 2.45) is 0 Å².